The van der Waals surface area contributed by atoms with Crippen LogP contribution < -0.4 is 4.90 Å². The summed E-state index contributed by atoms with van der Waals surface area (Å²) >= 11 is 7.08. The second-order valence-electron chi connectivity index (χ2n) is 5.80. The van der Waals surface area contributed by atoms with Gasteiger partial charge in [-0.2, -0.15) is 30.0 Å². The lowest BCUT2D eigenvalue weighted by molar-refractivity contribution is -0.129. The number of nitrogens with zero attached hydrogens (tertiary/aromatic N) is 5. The van der Waals surface area contributed by atoms with E-state index in [1.807, 2.05) is 0 Å². The molecule has 0 aliphatic rings. The summed E-state index contributed by atoms with van der Waals surface area (Å²) in [5, 5.41) is 7.68. The molecular formula is C17H18ClF4N5O2S. The van der Waals surface area contributed by atoms with Gasteiger partial charge in [-0.15, -0.1) is 0 Å². The molecule has 2 heterocycles. The van der Waals surface area contributed by atoms with Crippen LogP contribution in [-0.2, 0) is 9.63 Å². The molecule has 0 aliphatic carbocycles. The van der Waals surface area contributed by atoms with Gasteiger partial charge in [-0.05, 0) is 6.92 Å². The smallest absolute Gasteiger partial charge is 0.389 e. The average Bonchev–Trinajstić information content (AvgIpc) is 3.05. The first-order valence-corrected chi connectivity index (χ1v) is 10.1. The molecule has 0 saturated carbocycles. The van der Waals surface area contributed by atoms with Crippen molar-refractivity contribution in [2.45, 2.75) is 19.5 Å². The molecule has 1 amide bonds. The summed E-state index contributed by atoms with van der Waals surface area (Å²) in [4.78, 5) is 22.6. The summed E-state index contributed by atoms with van der Waals surface area (Å²) in [6.45, 7) is 1.85. The number of carbonyl (C=O) groups excluding carboxylic acids is 1. The normalized spacial score (nSPS) is 12.2. The Morgan fingerprint density at radius 3 is 2.73 bits per heavy atom. The SMILES string of the molecule is CCN(C(=O)C(CSCCC(F)(F)F)=NOC)c1cn(-c2cncc(F)c2)nc1Cl. The van der Waals surface area contributed by atoms with Gasteiger partial charge in [0.05, 0.1) is 30.7 Å². The first-order valence-electron chi connectivity index (χ1n) is 8.58. The molecule has 0 radical (unpaired) electrons. The number of alkyl halides is 3. The molecule has 0 atom stereocenters. The molecule has 2 rings (SSSR count). The third-order valence-corrected chi connectivity index (χ3v) is 4.92. The number of amides is 1. The van der Waals surface area contributed by atoms with Gasteiger partial charge in [-0.25, -0.2) is 9.07 Å². The largest absolute Gasteiger partial charge is 0.399 e. The van der Waals surface area contributed by atoms with Crippen LogP contribution in [-0.4, -0.2) is 57.7 Å². The fourth-order valence-corrected chi connectivity index (χ4v) is 3.48. The Labute approximate surface area is 179 Å². The minimum absolute atomic E-state index is 0.0315. The van der Waals surface area contributed by atoms with Crippen molar-refractivity contribution in [1.29, 1.82) is 0 Å². The number of oxime groups is 1. The maximum absolute atomic E-state index is 13.4. The molecule has 0 N–H and O–H groups in total. The number of carbonyl (C=O) groups is 1. The van der Waals surface area contributed by atoms with Crippen LogP contribution in [0.1, 0.15) is 13.3 Å². The van der Waals surface area contributed by atoms with Crippen molar-refractivity contribution in [3.8, 4) is 5.69 Å². The maximum Gasteiger partial charge on any atom is 0.389 e. The summed E-state index contributed by atoms with van der Waals surface area (Å²) in [5.74, 6) is -1.48. The van der Waals surface area contributed by atoms with Crippen LogP contribution in [0.4, 0.5) is 23.2 Å². The molecule has 0 bridgehead atoms. The van der Waals surface area contributed by atoms with E-state index in [9.17, 15) is 22.4 Å². The first kappa shape index (κ1) is 23.9. The highest BCUT2D eigenvalue weighted by atomic mass is 35.5. The summed E-state index contributed by atoms with van der Waals surface area (Å²) in [6.07, 6.45) is -1.45. The van der Waals surface area contributed by atoms with Crippen molar-refractivity contribution in [2.24, 2.45) is 5.16 Å². The summed E-state index contributed by atoms with van der Waals surface area (Å²) in [7, 11) is 1.23. The number of pyridine rings is 1. The Kier molecular flexibility index (Phi) is 8.47. The van der Waals surface area contributed by atoms with Gasteiger partial charge in [0.25, 0.3) is 5.91 Å². The molecular weight excluding hydrogens is 450 g/mol. The molecule has 0 aliphatic heterocycles. The predicted octanol–water partition coefficient (Wildman–Crippen LogP) is 4.10. The van der Waals surface area contributed by atoms with Gasteiger partial charge in [-0.3, -0.25) is 9.78 Å². The van der Waals surface area contributed by atoms with Crippen molar-refractivity contribution in [2.75, 3.05) is 30.1 Å². The second-order valence-corrected chi connectivity index (χ2v) is 7.26. The van der Waals surface area contributed by atoms with Gasteiger partial charge in [0.1, 0.15) is 18.6 Å². The Balaban J connectivity index is 2.20. The fraction of sp³-hybridized carbons (Fsp3) is 0.412. The second kappa shape index (κ2) is 10.6. The lowest BCUT2D eigenvalue weighted by Crippen LogP contribution is -2.37. The van der Waals surface area contributed by atoms with E-state index >= 15 is 0 Å². The average molecular weight is 468 g/mol. The van der Waals surface area contributed by atoms with Crippen LogP contribution in [0.2, 0.25) is 5.15 Å². The topological polar surface area (TPSA) is 72.6 Å². The van der Waals surface area contributed by atoms with E-state index in [0.29, 0.717) is 5.69 Å². The van der Waals surface area contributed by atoms with Crippen LogP contribution in [0.25, 0.3) is 5.69 Å². The van der Waals surface area contributed by atoms with Gasteiger partial charge >= 0.3 is 6.18 Å². The Morgan fingerprint density at radius 1 is 1.40 bits per heavy atom. The Morgan fingerprint density at radius 2 is 2.13 bits per heavy atom. The summed E-state index contributed by atoms with van der Waals surface area (Å²) < 4.78 is 51.6. The van der Waals surface area contributed by atoms with Gasteiger partial charge in [0.15, 0.2) is 10.9 Å². The van der Waals surface area contributed by atoms with E-state index in [0.717, 1.165) is 18.0 Å². The van der Waals surface area contributed by atoms with Crippen molar-refractivity contribution in [1.82, 2.24) is 14.8 Å². The minimum Gasteiger partial charge on any atom is -0.399 e. The van der Waals surface area contributed by atoms with Gasteiger partial charge < -0.3 is 9.74 Å². The molecule has 2 aromatic heterocycles. The van der Waals surface area contributed by atoms with Gasteiger partial charge in [0.2, 0.25) is 0 Å². The number of halogens is 5. The van der Waals surface area contributed by atoms with Gasteiger partial charge in [0, 0.05) is 24.1 Å². The zero-order valence-electron chi connectivity index (χ0n) is 16.0. The zero-order valence-corrected chi connectivity index (χ0v) is 17.6. The lowest BCUT2D eigenvalue weighted by Gasteiger charge is -2.20. The summed E-state index contributed by atoms with van der Waals surface area (Å²) in [5.41, 5.74) is 0.431. The molecule has 0 fully saturated rings. The fourth-order valence-electron chi connectivity index (χ4n) is 2.36. The lowest BCUT2D eigenvalue weighted by atomic mass is 10.3. The number of hydrogen-bond acceptors (Lipinski definition) is 6. The van der Waals surface area contributed by atoms with Gasteiger partial charge in [-0.1, -0.05) is 16.8 Å². The first-order chi connectivity index (χ1) is 14.2. The highest BCUT2D eigenvalue weighted by Gasteiger charge is 2.28. The molecule has 30 heavy (non-hydrogen) atoms. The van der Waals surface area contributed by atoms with Crippen molar-refractivity contribution in [3.63, 3.8) is 0 Å². The van der Waals surface area contributed by atoms with E-state index in [-0.39, 0.29) is 34.6 Å². The van der Waals surface area contributed by atoms with Crippen LogP contribution in [0.15, 0.2) is 29.8 Å². The highest BCUT2D eigenvalue weighted by Crippen LogP contribution is 2.27. The highest BCUT2D eigenvalue weighted by molar-refractivity contribution is 8.00. The third kappa shape index (κ3) is 6.59. The van der Waals surface area contributed by atoms with E-state index in [1.165, 1.54) is 35.2 Å². The van der Waals surface area contributed by atoms with Crippen LogP contribution in [0.3, 0.4) is 0 Å². The van der Waals surface area contributed by atoms with E-state index in [2.05, 4.69) is 20.1 Å². The molecule has 164 valence electrons. The molecule has 0 unspecified atom stereocenters. The number of hydrogen-bond donors (Lipinski definition) is 0. The van der Waals surface area contributed by atoms with Crippen molar-refractivity contribution < 1.29 is 27.2 Å². The summed E-state index contributed by atoms with van der Waals surface area (Å²) in [6, 6.07) is 1.19. The quantitative estimate of drug-likeness (QED) is 0.240. The standard InChI is InChI=1S/C17H18ClF4N5O2S/c1-3-26(16(28)13(25-29-2)10-30-5-4-17(20,21)22)14-9-27(24-15(14)18)12-6-11(19)7-23-8-12/h6-9H,3-5,10H2,1-2H3. The predicted molar refractivity (Wildman–Crippen MR) is 107 cm³/mol. The van der Waals surface area contributed by atoms with Crippen LogP contribution in [0.5, 0.6) is 0 Å². The van der Waals surface area contributed by atoms with Crippen molar-refractivity contribution >= 4 is 40.7 Å². The van der Waals surface area contributed by atoms with Crippen LogP contribution in [0, 0.1) is 5.82 Å². The maximum atomic E-state index is 13.4. The number of rotatable bonds is 9. The molecule has 0 spiro atoms. The molecule has 0 aromatic carbocycles. The Bertz CT molecular complexity index is 907. The molecule has 2 aromatic rings. The minimum atomic E-state index is -4.28. The Hall–Kier alpha value is -2.34. The zero-order chi connectivity index (χ0) is 22.3. The van der Waals surface area contributed by atoms with E-state index < -0.39 is 24.3 Å². The number of aromatic nitrogens is 3. The molecule has 7 nitrogen and oxygen atoms in total. The van der Waals surface area contributed by atoms with E-state index in [1.54, 1.807) is 6.92 Å². The van der Waals surface area contributed by atoms with E-state index in [4.69, 9.17) is 11.6 Å². The molecule has 0 saturated heterocycles. The number of anilines is 1. The van der Waals surface area contributed by atoms with Crippen LogP contribution >= 0.6 is 23.4 Å². The molecule has 13 heteroatoms. The van der Waals surface area contributed by atoms with Crippen molar-refractivity contribution in [3.05, 3.63) is 35.6 Å². The third-order valence-electron chi connectivity index (χ3n) is 3.68. The number of thioether (sulfide) groups is 1. The monoisotopic (exact) mass is 467 g/mol.